The van der Waals surface area contributed by atoms with E-state index in [-0.39, 0.29) is 0 Å². The lowest BCUT2D eigenvalue weighted by Gasteiger charge is -2.19. The van der Waals surface area contributed by atoms with Gasteiger partial charge in [-0.25, -0.2) is 9.97 Å². The molecule has 0 aliphatic carbocycles. The number of hydrogen-bond acceptors (Lipinski definition) is 5. The summed E-state index contributed by atoms with van der Waals surface area (Å²) in [6.07, 6.45) is 2.72. The molecule has 2 heterocycles. The molecule has 1 aliphatic rings. The third-order valence-electron chi connectivity index (χ3n) is 2.38. The van der Waals surface area contributed by atoms with Crippen LogP contribution >= 0.6 is 0 Å². The summed E-state index contributed by atoms with van der Waals surface area (Å²) >= 11 is 0. The summed E-state index contributed by atoms with van der Waals surface area (Å²) in [5.74, 6) is 0.665. The van der Waals surface area contributed by atoms with Gasteiger partial charge in [-0.05, 0) is 19.0 Å². The zero-order valence-corrected chi connectivity index (χ0v) is 8.48. The molecule has 1 saturated heterocycles. The molecule has 1 fully saturated rings. The van der Waals surface area contributed by atoms with Gasteiger partial charge in [0.1, 0.15) is 11.8 Å². The molecule has 0 aromatic carbocycles. The molecule has 0 saturated carbocycles. The molecule has 2 rings (SSSR count). The Hall–Kier alpha value is -1.67. The van der Waals surface area contributed by atoms with E-state index in [4.69, 9.17) is 5.26 Å². The molecule has 1 N–H and O–H groups in total. The van der Waals surface area contributed by atoms with Crippen LogP contribution < -0.4 is 10.2 Å². The fourth-order valence-corrected chi connectivity index (χ4v) is 1.61. The molecule has 78 valence electrons. The Morgan fingerprint density at radius 2 is 2.33 bits per heavy atom. The SMILES string of the molecule is N#Cc1ccnc(N2CCCNCC2)n1. The van der Waals surface area contributed by atoms with Crippen molar-refractivity contribution >= 4 is 5.95 Å². The maximum absolute atomic E-state index is 8.74. The zero-order valence-electron chi connectivity index (χ0n) is 8.48. The number of rotatable bonds is 1. The van der Waals surface area contributed by atoms with Crippen LogP contribution in [0.2, 0.25) is 0 Å². The van der Waals surface area contributed by atoms with E-state index in [2.05, 4.69) is 20.2 Å². The summed E-state index contributed by atoms with van der Waals surface area (Å²) in [5, 5.41) is 12.1. The molecular weight excluding hydrogens is 190 g/mol. The quantitative estimate of drug-likeness (QED) is 0.703. The topological polar surface area (TPSA) is 64.8 Å². The van der Waals surface area contributed by atoms with Crippen molar-refractivity contribution in [1.29, 1.82) is 5.26 Å². The first-order valence-electron chi connectivity index (χ1n) is 5.09. The largest absolute Gasteiger partial charge is 0.339 e. The van der Waals surface area contributed by atoms with Crippen LogP contribution in [0.3, 0.4) is 0 Å². The van der Waals surface area contributed by atoms with Crippen molar-refractivity contribution in [2.75, 3.05) is 31.1 Å². The van der Waals surface area contributed by atoms with Gasteiger partial charge in [0.05, 0.1) is 0 Å². The lowest BCUT2D eigenvalue weighted by atomic mass is 10.4. The van der Waals surface area contributed by atoms with Gasteiger partial charge in [-0.3, -0.25) is 0 Å². The van der Waals surface area contributed by atoms with Crippen molar-refractivity contribution in [3.05, 3.63) is 18.0 Å². The third kappa shape index (κ3) is 2.42. The van der Waals surface area contributed by atoms with Crippen LogP contribution in [0.15, 0.2) is 12.3 Å². The minimum Gasteiger partial charge on any atom is -0.339 e. The minimum atomic E-state index is 0.428. The lowest BCUT2D eigenvalue weighted by molar-refractivity contribution is 0.724. The Labute approximate surface area is 88.8 Å². The molecule has 5 nitrogen and oxygen atoms in total. The predicted octanol–water partition coefficient (Wildman–Crippen LogP) is 0.148. The van der Waals surface area contributed by atoms with E-state index in [0.29, 0.717) is 11.6 Å². The van der Waals surface area contributed by atoms with E-state index in [0.717, 1.165) is 32.6 Å². The van der Waals surface area contributed by atoms with Crippen molar-refractivity contribution in [1.82, 2.24) is 15.3 Å². The molecule has 1 aliphatic heterocycles. The van der Waals surface area contributed by atoms with Gasteiger partial charge in [-0.1, -0.05) is 0 Å². The van der Waals surface area contributed by atoms with Crippen LogP contribution in [0.1, 0.15) is 12.1 Å². The fourth-order valence-electron chi connectivity index (χ4n) is 1.61. The Balaban J connectivity index is 2.16. The average Bonchev–Trinajstić information content (AvgIpc) is 2.58. The van der Waals surface area contributed by atoms with E-state index >= 15 is 0 Å². The molecule has 0 amide bonds. The van der Waals surface area contributed by atoms with E-state index in [1.807, 2.05) is 6.07 Å². The molecule has 0 atom stereocenters. The Kier molecular flexibility index (Phi) is 3.10. The van der Waals surface area contributed by atoms with Crippen LogP contribution in [0.4, 0.5) is 5.95 Å². The maximum atomic E-state index is 8.74. The molecular formula is C10H13N5. The highest BCUT2D eigenvalue weighted by molar-refractivity contribution is 5.33. The smallest absolute Gasteiger partial charge is 0.226 e. The standard InChI is InChI=1S/C10H13N5/c11-8-9-2-4-13-10(14-9)15-6-1-3-12-5-7-15/h2,4,12H,1,3,5-7H2. The van der Waals surface area contributed by atoms with Crippen molar-refractivity contribution in [2.24, 2.45) is 0 Å². The van der Waals surface area contributed by atoms with Gasteiger partial charge in [-0.15, -0.1) is 0 Å². The molecule has 5 heteroatoms. The summed E-state index contributed by atoms with van der Waals surface area (Å²) in [6.45, 7) is 3.82. The van der Waals surface area contributed by atoms with Crippen LogP contribution in [0.5, 0.6) is 0 Å². The van der Waals surface area contributed by atoms with E-state index < -0.39 is 0 Å². The van der Waals surface area contributed by atoms with Crippen LogP contribution in [0.25, 0.3) is 0 Å². The van der Waals surface area contributed by atoms with Crippen LogP contribution in [-0.2, 0) is 0 Å². The Morgan fingerprint density at radius 3 is 3.20 bits per heavy atom. The first-order chi connectivity index (χ1) is 7.40. The number of anilines is 1. The van der Waals surface area contributed by atoms with Gasteiger partial charge in [0.15, 0.2) is 0 Å². The average molecular weight is 203 g/mol. The number of nitriles is 1. The van der Waals surface area contributed by atoms with Gasteiger partial charge < -0.3 is 10.2 Å². The highest BCUT2D eigenvalue weighted by Crippen LogP contribution is 2.08. The Morgan fingerprint density at radius 1 is 1.40 bits per heavy atom. The summed E-state index contributed by atoms with van der Waals surface area (Å²) in [7, 11) is 0. The number of nitrogens with zero attached hydrogens (tertiary/aromatic N) is 4. The second-order valence-corrected chi connectivity index (χ2v) is 3.44. The predicted molar refractivity (Wildman–Crippen MR) is 56.4 cm³/mol. The molecule has 0 spiro atoms. The molecule has 1 aromatic heterocycles. The summed E-state index contributed by atoms with van der Waals surface area (Å²) in [5.41, 5.74) is 0.428. The second kappa shape index (κ2) is 4.71. The molecule has 0 radical (unpaired) electrons. The summed E-state index contributed by atoms with van der Waals surface area (Å²) < 4.78 is 0. The summed E-state index contributed by atoms with van der Waals surface area (Å²) in [6, 6.07) is 3.65. The number of nitrogens with one attached hydrogen (secondary N) is 1. The number of hydrogen-bond donors (Lipinski definition) is 1. The van der Waals surface area contributed by atoms with E-state index in [1.165, 1.54) is 0 Å². The van der Waals surface area contributed by atoms with Gasteiger partial charge in [0.25, 0.3) is 0 Å². The lowest BCUT2D eigenvalue weighted by Crippen LogP contribution is -2.29. The Bertz CT molecular complexity index is 362. The van der Waals surface area contributed by atoms with Crippen molar-refractivity contribution in [3.63, 3.8) is 0 Å². The maximum Gasteiger partial charge on any atom is 0.226 e. The van der Waals surface area contributed by atoms with Crippen molar-refractivity contribution in [3.8, 4) is 6.07 Å². The highest BCUT2D eigenvalue weighted by Gasteiger charge is 2.11. The first kappa shape index (κ1) is 9.87. The zero-order chi connectivity index (χ0) is 10.5. The normalized spacial score (nSPS) is 16.9. The monoisotopic (exact) mass is 203 g/mol. The summed E-state index contributed by atoms with van der Waals surface area (Å²) in [4.78, 5) is 10.5. The van der Waals surface area contributed by atoms with E-state index in [9.17, 15) is 0 Å². The van der Waals surface area contributed by atoms with Gasteiger partial charge in [0, 0.05) is 25.8 Å². The van der Waals surface area contributed by atoms with Gasteiger partial charge in [-0.2, -0.15) is 5.26 Å². The minimum absolute atomic E-state index is 0.428. The third-order valence-corrected chi connectivity index (χ3v) is 2.38. The second-order valence-electron chi connectivity index (χ2n) is 3.44. The molecule has 0 bridgehead atoms. The first-order valence-corrected chi connectivity index (χ1v) is 5.09. The molecule has 15 heavy (non-hydrogen) atoms. The highest BCUT2D eigenvalue weighted by atomic mass is 15.3. The van der Waals surface area contributed by atoms with Crippen molar-refractivity contribution < 1.29 is 0 Å². The van der Waals surface area contributed by atoms with Crippen LogP contribution in [0, 0.1) is 11.3 Å². The van der Waals surface area contributed by atoms with Gasteiger partial charge in [0.2, 0.25) is 5.95 Å². The molecule has 0 unspecified atom stereocenters. The molecule has 1 aromatic rings. The van der Waals surface area contributed by atoms with Crippen molar-refractivity contribution in [2.45, 2.75) is 6.42 Å². The van der Waals surface area contributed by atoms with Gasteiger partial charge >= 0.3 is 0 Å². The fraction of sp³-hybridized carbons (Fsp3) is 0.500. The van der Waals surface area contributed by atoms with Crippen LogP contribution in [-0.4, -0.2) is 36.1 Å². The number of aromatic nitrogens is 2. The van der Waals surface area contributed by atoms with E-state index in [1.54, 1.807) is 12.3 Å².